The van der Waals surface area contributed by atoms with Crippen molar-refractivity contribution in [3.05, 3.63) is 57.9 Å². The number of halogens is 3. The molecule has 2 aliphatic rings. The van der Waals surface area contributed by atoms with Crippen LogP contribution in [0.4, 0.5) is 24.0 Å². The third-order valence-corrected chi connectivity index (χ3v) is 10.4. The molecule has 0 unspecified atom stereocenters. The van der Waals surface area contributed by atoms with Gasteiger partial charge in [0, 0.05) is 23.7 Å². The number of anilines is 2. The second kappa shape index (κ2) is 15.0. The van der Waals surface area contributed by atoms with Crippen LogP contribution in [0.15, 0.2) is 23.8 Å². The Morgan fingerprint density at radius 2 is 2.00 bits per heavy atom. The number of benzene rings is 1. The van der Waals surface area contributed by atoms with E-state index in [2.05, 4.69) is 38.7 Å². The van der Waals surface area contributed by atoms with Crippen LogP contribution in [0.5, 0.6) is 0 Å². The second-order valence-corrected chi connectivity index (χ2v) is 13.9. The zero-order valence-electron chi connectivity index (χ0n) is 27.1. The van der Waals surface area contributed by atoms with E-state index in [1.165, 1.54) is 6.07 Å². The minimum absolute atomic E-state index is 0.00196. The maximum atomic E-state index is 16.4. The molecule has 5 N–H and O–H groups in total. The van der Waals surface area contributed by atoms with Gasteiger partial charge in [0.1, 0.15) is 34.0 Å². The predicted molar refractivity (Wildman–Crippen MR) is 186 cm³/mol. The zero-order valence-corrected chi connectivity index (χ0v) is 28.0. The van der Waals surface area contributed by atoms with Gasteiger partial charge in [0.15, 0.2) is 11.6 Å². The van der Waals surface area contributed by atoms with Gasteiger partial charge in [0.2, 0.25) is 0 Å². The van der Waals surface area contributed by atoms with Crippen LogP contribution in [0.1, 0.15) is 92.6 Å². The maximum absolute atomic E-state index is 16.4. The summed E-state index contributed by atoms with van der Waals surface area (Å²) in [5.74, 6) is -2.16. The SMILES string of the molecule is C=C(C[C@@H](C)CNCCCC)c1c(F)c(C=N/C=C(/F)c2cc(C#N)c(N)s2)c(F)c2nc(CCC34CCCN3CCC4)nc(N)c12. The van der Waals surface area contributed by atoms with Crippen LogP contribution in [0, 0.1) is 28.9 Å². The Morgan fingerprint density at radius 3 is 2.68 bits per heavy atom. The van der Waals surface area contributed by atoms with Crippen molar-refractivity contribution in [2.45, 2.75) is 77.2 Å². The van der Waals surface area contributed by atoms with Crippen LogP contribution in [-0.2, 0) is 6.42 Å². The number of aromatic nitrogens is 2. The molecule has 3 aromatic rings. The van der Waals surface area contributed by atoms with Crippen LogP contribution < -0.4 is 16.8 Å². The minimum Gasteiger partial charge on any atom is -0.389 e. The Labute approximate surface area is 278 Å². The number of aliphatic imine (C=N–C) groups is 1. The van der Waals surface area contributed by atoms with Gasteiger partial charge in [0.05, 0.1) is 27.6 Å². The average Bonchev–Trinajstić information content (AvgIpc) is 3.74. The highest BCUT2D eigenvalue weighted by molar-refractivity contribution is 7.17. The second-order valence-electron chi connectivity index (χ2n) is 12.8. The first-order chi connectivity index (χ1) is 22.6. The normalized spacial score (nSPS) is 17.1. The fourth-order valence-corrected chi connectivity index (χ4v) is 7.81. The first-order valence-corrected chi connectivity index (χ1v) is 17.2. The highest BCUT2D eigenvalue weighted by Crippen LogP contribution is 2.42. The summed E-state index contributed by atoms with van der Waals surface area (Å²) in [5, 5.41) is 12.8. The topological polar surface area (TPSA) is 129 Å². The van der Waals surface area contributed by atoms with E-state index in [4.69, 9.17) is 16.7 Å². The van der Waals surface area contributed by atoms with Gasteiger partial charge in [-0.2, -0.15) is 5.26 Å². The molecule has 5 rings (SSSR count). The first kappa shape index (κ1) is 34.5. The third-order valence-electron chi connectivity index (χ3n) is 9.42. The predicted octanol–water partition coefficient (Wildman–Crippen LogP) is 7.38. The van der Waals surface area contributed by atoms with Gasteiger partial charge in [-0.3, -0.25) is 9.89 Å². The summed E-state index contributed by atoms with van der Waals surface area (Å²) >= 11 is 0.883. The maximum Gasteiger partial charge on any atom is 0.161 e. The third kappa shape index (κ3) is 7.37. The van der Waals surface area contributed by atoms with Crippen molar-refractivity contribution in [2.24, 2.45) is 10.9 Å². The van der Waals surface area contributed by atoms with Crippen molar-refractivity contribution in [2.75, 3.05) is 37.6 Å². The van der Waals surface area contributed by atoms with Crippen molar-refractivity contribution in [3.8, 4) is 6.07 Å². The molecule has 8 nitrogen and oxygen atoms in total. The number of fused-ring (bicyclic) bond motifs is 2. The molecule has 47 heavy (non-hydrogen) atoms. The van der Waals surface area contributed by atoms with Gasteiger partial charge in [-0.15, -0.1) is 11.3 Å². The van der Waals surface area contributed by atoms with Crippen LogP contribution in [0.2, 0.25) is 0 Å². The molecule has 1 atom stereocenters. The lowest BCUT2D eigenvalue weighted by molar-refractivity contribution is 0.182. The number of allylic oxidation sites excluding steroid dienone is 1. The van der Waals surface area contributed by atoms with E-state index in [-0.39, 0.29) is 49.2 Å². The lowest BCUT2D eigenvalue weighted by Gasteiger charge is -2.32. The number of nitrogens with two attached hydrogens (primary N) is 2. The number of hydrogen-bond acceptors (Lipinski definition) is 9. The lowest BCUT2D eigenvalue weighted by Crippen LogP contribution is -2.38. The molecule has 2 aliphatic heterocycles. The summed E-state index contributed by atoms with van der Waals surface area (Å²) in [7, 11) is 0. The standard InChI is InChI=1S/C35H43F3N8S/c1-4-5-12-42-18-21(2)15-22(3)28-29-32(44-27(45-33(29)40)8-11-35-9-6-13-46(35)14-7-10-35)31(38)24(30(28)37)19-43-20-25(36)26-16-23(17-39)34(41)47-26/h16,19-21,42H,3-15,18,41H2,1-2H3,(H2,40,44,45)/b25-20+,43-19?/t21-/m1/s1. The Bertz CT molecular complexity index is 1730. The lowest BCUT2D eigenvalue weighted by atomic mass is 9.88. The Balaban J connectivity index is 1.51. The van der Waals surface area contributed by atoms with Crippen molar-refractivity contribution < 1.29 is 13.2 Å². The van der Waals surface area contributed by atoms with E-state index in [0.29, 0.717) is 30.8 Å². The number of unbranched alkanes of at least 4 members (excludes halogenated alkanes) is 1. The summed E-state index contributed by atoms with van der Waals surface area (Å²) in [6.45, 7) is 12.1. The summed E-state index contributed by atoms with van der Waals surface area (Å²) in [5.41, 5.74) is 12.4. The van der Waals surface area contributed by atoms with Gasteiger partial charge >= 0.3 is 0 Å². The smallest absolute Gasteiger partial charge is 0.161 e. The van der Waals surface area contributed by atoms with Crippen LogP contribution in [0.25, 0.3) is 22.3 Å². The summed E-state index contributed by atoms with van der Waals surface area (Å²) in [6.07, 6.45) is 10.2. The molecule has 2 saturated heterocycles. The molecule has 1 aromatic carbocycles. The van der Waals surface area contributed by atoms with Crippen molar-refractivity contribution in [1.82, 2.24) is 20.2 Å². The van der Waals surface area contributed by atoms with Gasteiger partial charge in [0.25, 0.3) is 0 Å². The molecule has 4 heterocycles. The molecule has 0 radical (unpaired) electrons. The molecule has 12 heteroatoms. The highest BCUT2D eigenvalue weighted by atomic mass is 32.1. The Hall–Kier alpha value is -3.79. The van der Waals surface area contributed by atoms with Gasteiger partial charge in [-0.25, -0.2) is 23.1 Å². The van der Waals surface area contributed by atoms with E-state index in [1.807, 2.05) is 13.0 Å². The molecule has 0 aliphatic carbocycles. The number of rotatable bonds is 14. The monoisotopic (exact) mass is 664 g/mol. The minimum atomic E-state index is -0.954. The number of nitrogen functional groups attached to an aromatic ring is 2. The van der Waals surface area contributed by atoms with Gasteiger partial charge in [-0.1, -0.05) is 26.8 Å². The van der Waals surface area contributed by atoms with Crippen molar-refractivity contribution in [3.63, 3.8) is 0 Å². The Kier molecular flexibility index (Phi) is 11.0. The zero-order chi connectivity index (χ0) is 33.7. The first-order valence-electron chi connectivity index (χ1n) is 16.4. The molecule has 0 bridgehead atoms. The quantitative estimate of drug-likeness (QED) is 0.121. The molecular weight excluding hydrogens is 622 g/mol. The molecular formula is C35H43F3N8S. The number of nitriles is 1. The number of nitrogens with zero attached hydrogens (tertiary/aromatic N) is 5. The molecule has 0 amide bonds. The van der Waals surface area contributed by atoms with Crippen LogP contribution >= 0.6 is 11.3 Å². The van der Waals surface area contributed by atoms with E-state index < -0.39 is 23.0 Å². The molecule has 250 valence electrons. The van der Waals surface area contributed by atoms with Crippen LogP contribution in [0.3, 0.4) is 0 Å². The fraction of sp³-hybridized carbons (Fsp3) is 0.486. The molecule has 0 spiro atoms. The number of thiophene rings is 1. The van der Waals surface area contributed by atoms with Gasteiger partial charge < -0.3 is 16.8 Å². The highest BCUT2D eigenvalue weighted by Gasteiger charge is 2.43. The van der Waals surface area contributed by atoms with Gasteiger partial charge in [-0.05, 0) is 88.7 Å². The van der Waals surface area contributed by atoms with Crippen molar-refractivity contribution >= 4 is 50.7 Å². The molecule has 0 saturated carbocycles. The largest absolute Gasteiger partial charge is 0.389 e. The van der Waals surface area contributed by atoms with E-state index in [1.54, 1.807) is 0 Å². The van der Waals surface area contributed by atoms with Crippen LogP contribution in [-0.4, -0.2) is 52.8 Å². The number of hydrogen-bond donors (Lipinski definition) is 3. The number of aryl methyl sites for hydroxylation is 1. The summed E-state index contributed by atoms with van der Waals surface area (Å²) in [6, 6.07) is 3.19. The average molecular weight is 665 g/mol. The fourth-order valence-electron chi connectivity index (χ4n) is 7.03. The van der Waals surface area contributed by atoms with E-state index in [0.717, 1.165) is 88.3 Å². The summed E-state index contributed by atoms with van der Waals surface area (Å²) in [4.78, 5) is 15.7. The number of nitrogens with one attached hydrogen (secondary N) is 1. The molecule has 2 aromatic heterocycles. The van der Waals surface area contributed by atoms with E-state index >= 15 is 8.78 Å². The van der Waals surface area contributed by atoms with Crippen molar-refractivity contribution in [1.29, 1.82) is 5.26 Å². The summed E-state index contributed by atoms with van der Waals surface area (Å²) < 4.78 is 47.5. The van der Waals surface area contributed by atoms with E-state index in [9.17, 15) is 4.39 Å². The molecule has 2 fully saturated rings. The Morgan fingerprint density at radius 1 is 1.26 bits per heavy atom.